The minimum absolute atomic E-state index is 0.0141. The highest BCUT2D eigenvalue weighted by molar-refractivity contribution is 7.88. The van der Waals surface area contributed by atoms with Crippen LogP contribution in [0, 0.1) is 0 Å². The molecule has 2 N–H and O–H groups in total. The van der Waals surface area contributed by atoms with Crippen molar-refractivity contribution in [1.82, 2.24) is 14.5 Å². The minimum atomic E-state index is -3.48. The fourth-order valence-electron chi connectivity index (χ4n) is 1.24. The van der Waals surface area contributed by atoms with Gasteiger partial charge in [0, 0.05) is 26.9 Å². The van der Waals surface area contributed by atoms with Crippen LogP contribution >= 0.6 is 0 Å². The minimum Gasteiger partial charge on any atom is -0.393 e. The second kappa shape index (κ2) is 5.79. The van der Waals surface area contributed by atoms with E-state index < -0.39 is 15.6 Å². The number of methoxy groups -OCH3 is 1. The molecule has 104 valence electrons. The maximum Gasteiger partial charge on any atom is 0.217 e. The summed E-state index contributed by atoms with van der Waals surface area (Å²) in [6, 6.07) is 1.64. The lowest BCUT2D eigenvalue weighted by Crippen LogP contribution is -2.45. The van der Waals surface area contributed by atoms with E-state index in [4.69, 9.17) is 9.84 Å². The quantitative estimate of drug-likeness (QED) is 0.683. The van der Waals surface area contributed by atoms with Crippen LogP contribution in [-0.2, 0) is 27.6 Å². The number of hydrogen-bond acceptors (Lipinski definition) is 5. The van der Waals surface area contributed by atoms with E-state index in [2.05, 4.69) is 9.82 Å². The third-order valence-electron chi connectivity index (χ3n) is 2.75. The van der Waals surface area contributed by atoms with Gasteiger partial charge in [0.15, 0.2) is 0 Å². The van der Waals surface area contributed by atoms with E-state index in [1.54, 1.807) is 20.0 Å². The van der Waals surface area contributed by atoms with Crippen LogP contribution in [0.25, 0.3) is 0 Å². The van der Waals surface area contributed by atoms with Gasteiger partial charge in [-0.15, -0.1) is 0 Å². The number of nitrogens with one attached hydrogen (secondary N) is 1. The zero-order chi connectivity index (χ0) is 13.8. The Morgan fingerprint density at radius 2 is 2.28 bits per heavy atom. The Morgan fingerprint density at radius 1 is 1.61 bits per heavy atom. The molecule has 1 unspecified atom stereocenters. The Balaban J connectivity index is 2.64. The molecule has 0 amide bonds. The molecule has 8 heteroatoms. The summed E-state index contributed by atoms with van der Waals surface area (Å²) in [5.41, 5.74) is -0.329. The molecule has 0 aliphatic rings. The van der Waals surface area contributed by atoms with Gasteiger partial charge in [-0.2, -0.15) is 5.10 Å². The Kier molecular flexibility index (Phi) is 4.85. The molecule has 1 atom stereocenters. The second-order valence-electron chi connectivity index (χ2n) is 4.34. The molecule has 1 heterocycles. The number of aliphatic hydroxyl groups excluding tert-OH is 1. The first-order chi connectivity index (χ1) is 8.32. The Labute approximate surface area is 107 Å². The van der Waals surface area contributed by atoms with Crippen molar-refractivity contribution >= 4 is 10.0 Å². The SMILES string of the molecule is COC(C)(CO)CNS(=O)(=O)Cc1ccnn1C. The largest absolute Gasteiger partial charge is 0.393 e. The summed E-state index contributed by atoms with van der Waals surface area (Å²) in [4.78, 5) is 0. The lowest BCUT2D eigenvalue weighted by atomic mass is 10.1. The molecule has 0 saturated carbocycles. The standard InChI is InChI=1S/C10H19N3O4S/c1-10(8-14,17-3)7-12-18(15,16)6-9-4-5-11-13(9)2/h4-5,12,14H,6-8H2,1-3H3. The zero-order valence-electron chi connectivity index (χ0n) is 10.8. The molecule has 1 aromatic rings. The van der Waals surface area contributed by atoms with Gasteiger partial charge in [-0.05, 0) is 13.0 Å². The monoisotopic (exact) mass is 277 g/mol. The predicted molar refractivity (Wildman–Crippen MR) is 66.3 cm³/mol. The van der Waals surface area contributed by atoms with Crippen LogP contribution in [0.4, 0.5) is 0 Å². The highest BCUT2D eigenvalue weighted by atomic mass is 32.2. The molecule has 0 aromatic carbocycles. The maximum atomic E-state index is 11.8. The van der Waals surface area contributed by atoms with Gasteiger partial charge < -0.3 is 9.84 Å². The average molecular weight is 277 g/mol. The van der Waals surface area contributed by atoms with Crippen molar-refractivity contribution in [2.24, 2.45) is 7.05 Å². The first-order valence-corrected chi connectivity index (χ1v) is 7.07. The number of sulfonamides is 1. The molecule has 0 spiro atoms. The average Bonchev–Trinajstić information content (AvgIpc) is 2.72. The van der Waals surface area contributed by atoms with Crippen LogP contribution in [0.3, 0.4) is 0 Å². The molecular weight excluding hydrogens is 258 g/mol. The van der Waals surface area contributed by atoms with E-state index in [0.29, 0.717) is 5.69 Å². The molecule has 0 bridgehead atoms. The third-order valence-corrected chi connectivity index (χ3v) is 4.01. The maximum absolute atomic E-state index is 11.8. The summed E-state index contributed by atoms with van der Waals surface area (Å²) in [5.74, 6) is -0.158. The van der Waals surface area contributed by atoms with Crippen molar-refractivity contribution in [3.63, 3.8) is 0 Å². The molecule has 1 rings (SSSR count). The van der Waals surface area contributed by atoms with Crippen molar-refractivity contribution in [1.29, 1.82) is 0 Å². The summed E-state index contributed by atoms with van der Waals surface area (Å²) in [6.07, 6.45) is 1.54. The molecule has 7 nitrogen and oxygen atoms in total. The van der Waals surface area contributed by atoms with Crippen molar-refractivity contribution in [2.75, 3.05) is 20.3 Å². The van der Waals surface area contributed by atoms with Crippen LogP contribution in [0.5, 0.6) is 0 Å². The predicted octanol–water partition coefficient (Wildman–Crippen LogP) is -0.763. The summed E-state index contributed by atoms with van der Waals surface area (Å²) < 4.78 is 32.6. The molecule has 0 saturated heterocycles. The van der Waals surface area contributed by atoms with E-state index in [1.807, 2.05) is 0 Å². The highest BCUT2D eigenvalue weighted by Crippen LogP contribution is 2.08. The normalized spacial score (nSPS) is 15.6. The lowest BCUT2D eigenvalue weighted by Gasteiger charge is -2.25. The van der Waals surface area contributed by atoms with Crippen LogP contribution < -0.4 is 4.72 Å². The van der Waals surface area contributed by atoms with E-state index in [1.165, 1.54) is 18.0 Å². The van der Waals surface area contributed by atoms with Crippen molar-refractivity contribution in [3.05, 3.63) is 18.0 Å². The van der Waals surface area contributed by atoms with Crippen LogP contribution in [-0.4, -0.2) is 49.2 Å². The molecule has 0 fully saturated rings. The van der Waals surface area contributed by atoms with Gasteiger partial charge in [-0.25, -0.2) is 13.1 Å². The smallest absolute Gasteiger partial charge is 0.217 e. The zero-order valence-corrected chi connectivity index (χ0v) is 11.6. The summed E-state index contributed by atoms with van der Waals surface area (Å²) in [7, 11) is -0.382. The molecule has 0 aliphatic heterocycles. The Hall–Kier alpha value is -0.960. The fraction of sp³-hybridized carbons (Fsp3) is 0.700. The first kappa shape index (κ1) is 15.1. The van der Waals surface area contributed by atoms with E-state index in [9.17, 15) is 8.42 Å². The highest BCUT2D eigenvalue weighted by Gasteiger charge is 2.25. The van der Waals surface area contributed by atoms with Gasteiger partial charge in [-0.1, -0.05) is 0 Å². The number of ether oxygens (including phenoxy) is 1. The summed E-state index contributed by atoms with van der Waals surface area (Å²) in [6.45, 7) is 1.37. The Morgan fingerprint density at radius 3 is 2.72 bits per heavy atom. The first-order valence-electron chi connectivity index (χ1n) is 5.42. The van der Waals surface area contributed by atoms with Gasteiger partial charge in [0.1, 0.15) is 11.4 Å². The van der Waals surface area contributed by atoms with E-state index >= 15 is 0 Å². The van der Waals surface area contributed by atoms with Gasteiger partial charge in [0.25, 0.3) is 0 Å². The van der Waals surface area contributed by atoms with Gasteiger partial charge >= 0.3 is 0 Å². The number of rotatable bonds is 7. The van der Waals surface area contributed by atoms with Crippen LogP contribution in [0.2, 0.25) is 0 Å². The fourth-order valence-corrected chi connectivity index (χ4v) is 2.54. The van der Waals surface area contributed by atoms with Crippen LogP contribution in [0.1, 0.15) is 12.6 Å². The number of aliphatic hydroxyl groups is 1. The number of hydrogen-bond donors (Lipinski definition) is 2. The summed E-state index contributed by atoms with van der Waals surface area (Å²) in [5, 5.41) is 13.0. The lowest BCUT2D eigenvalue weighted by molar-refractivity contribution is -0.0325. The summed E-state index contributed by atoms with van der Waals surface area (Å²) >= 11 is 0. The number of aryl methyl sites for hydroxylation is 1. The molecular formula is C10H19N3O4S. The molecule has 0 radical (unpaired) electrons. The van der Waals surface area contributed by atoms with E-state index in [-0.39, 0.29) is 18.9 Å². The van der Waals surface area contributed by atoms with Crippen LogP contribution in [0.15, 0.2) is 12.3 Å². The van der Waals surface area contributed by atoms with Gasteiger partial charge in [0.05, 0.1) is 12.3 Å². The van der Waals surface area contributed by atoms with E-state index in [0.717, 1.165) is 0 Å². The Bertz CT molecular complexity index is 479. The topological polar surface area (TPSA) is 93.4 Å². The van der Waals surface area contributed by atoms with Crippen molar-refractivity contribution < 1.29 is 18.3 Å². The van der Waals surface area contributed by atoms with Crippen molar-refractivity contribution in [2.45, 2.75) is 18.3 Å². The number of aromatic nitrogens is 2. The molecule has 1 aromatic heterocycles. The third kappa shape index (κ3) is 4.05. The second-order valence-corrected chi connectivity index (χ2v) is 6.15. The molecule has 18 heavy (non-hydrogen) atoms. The van der Waals surface area contributed by atoms with Gasteiger partial charge in [-0.3, -0.25) is 4.68 Å². The van der Waals surface area contributed by atoms with Gasteiger partial charge in [0.2, 0.25) is 10.0 Å². The number of nitrogens with zero attached hydrogens (tertiary/aromatic N) is 2. The van der Waals surface area contributed by atoms with Crippen molar-refractivity contribution in [3.8, 4) is 0 Å². The molecule has 0 aliphatic carbocycles.